The zero-order chi connectivity index (χ0) is 30.5. The lowest BCUT2D eigenvalue weighted by Gasteiger charge is -2.37. The van der Waals surface area contributed by atoms with Crippen LogP contribution in [-0.2, 0) is 12.0 Å². The van der Waals surface area contributed by atoms with Crippen molar-refractivity contribution in [3.8, 4) is 17.6 Å². The van der Waals surface area contributed by atoms with Crippen molar-refractivity contribution >= 4 is 22.7 Å². The maximum Gasteiger partial charge on any atom is 0.272 e. The van der Waals surface area contributed by atoms with Crippen LogP contribution in [0.15, 0.2) is 78.9 Å². The molecular formula is C36H36N4O4. The highest BCUT2D eigenvalue weighted by molar-refractivity contribution is 6.09. The van der Waals surface area contributed by atoms with E-state index < -0.39 is 5.41 Å². The molecule has 4 aromatic rings. The summed E-state index contributed by atoms with van der Waals surface area (Å²) >= 11 is 0. The number of likely N-dealkylation sites (tertiary alicyclic amines) is 2. The molecule has 8 heteroatoms. The first-order valence-corrected chi connectivity index (χ1v) is 15.3. The van der Waals surface area contributed by atoms with Gasteiger partial charge in [0.05, 0.1) is 29.7 Å². The molecule has 0 unspecified atom stereocenters. The summed E-state index contributed by atoms with van der Waals surface area (Å²) < 4.78 is 11.4. The molecule has 0 saturated carbocycles. The molecule has 44 heavy (non-hydrogen) atoms. The topological polar surface area (TPSA) is 95.8 Å². The number of rotatable bonds is 7. The number of ether oxygens (including phenoxy) is 2. The number of nitriles is 1. The molecule has 0 N–H and O–H groups in total. The van der Waals surface area contributed by atoms with Crippen LogP contribution in [0, 0.1) is 11.3 Å². The maximum absolute atomic E-state index is 13.9. The molecule has 2 saturated heterocycles. The van der Waals surface area contributed by atoms with Crippen LogP contribution < -0.4 is 9.47 Å². The Labute approximate surface area is 257 Å². The third-order valence-electron chi connectivity index (χ3n) is 8.86. The van der Waals surface area contributed by atoms with Crippen LogP contribution in [0.25, 0.3) is 10.9 Å². The van der Waals surface area contributed by atoms with E-state index in [1.807, 2.05) is 77.7 Å². The van der Waals surface area contributed by atoms with Gasteiger partial charge < -0.3 is 19.3 Å². The fraction of sp³-hybridized carbons (Fsp3) is 0.333. The van der Waals surface area contributed by atoms with Crippen LogP contribution in [0.3, 0.4) is 0 Å². The molecule has 2 aliphatic rings. The van der Waals surface area contributed by atoms with Gasteiger partial charge in [0.15, 0.2) is 0 Å². The molecule has 0 spiro atoms. The van der Waals surface area contributed by atoms with Crippen LogP contribution in [0.4, 0.5) is 0 Å². The molecule has 2 aliphatic heterocycles. The van der Waals surface area contributed by atoms with Crippen molar-refractivity contribution in [3.05, 3.63) is 101 Å². The number of methoxy groups -OCH3 is 1. The van der Waals surface area contributed by atoms with E-state index in [-0.39, 0.29) is 17.5 Å². The Hall–Kier alpha value is -4.90. The number of piperidine rings is 2. The molecule has 0 radical (unpaired) electrons. The van der Waals surface area contributed by atoms with Crippen LogP contribution in [0.2, 0.25) is 0 Å². The summed E-state index contributed by atoms with van der Waals surface area (Å²) in [6, 6.07) is 27.1. The summed E-state index contributed by atoms with van der Waals surface area (Å²) in [5, 5.41) is 10.8. The van der Waals surface area contributed by atoms with Gasteiger partial charge in [-0.1, -0.05) is 42.5 Å². The van der Waals surface area contributed by atoms with Crippen LogP contribution in [0.1, 0.15) is 64.1 Å². The first kappa shape index (κ1) is 29.2. The lowest BCUT2D eigenvalue weighted by atomic mass is 9.74. The number of hydrogen-bond acceptors (Lipinski definition) is 6. The zero-order valence-electron chi connectivity index (χ0n) is 25.0. The number of aromatic nitrogens is 1. The summed E-state index contributed by atoms with van der Waals surface area (Å²) in [5.41, 5.74) is 2.59. The highest BCUT2D eigenvalue weighted by Crippen LogP contribution is 2.35. The number of fused-ring (bicyclic) bond motifs is 1. The van der Waals surface area contributed by atoms with Crippen molar-refractivity contribution in [1.29, 1.82) is 5.26 Å². The molecular weight excluding hydrogens is 552 g/mol. The van der Waals surface area contributed by atoms with Crippen molar-refractivity contribution in [2.45, 2.75) is 44.1 Å². The molecule has 224 valence electrons. The van der Waals surface area contributed by atoms with Gasteiger partial charge in [-0.25, -0.2) is 4.98 Å². The Balaban J connectivity index is 1.28. The van der Waals surface area contributed by atoms with Gasteiger partial charge in [-0.2, -0.15) is 5.26 Å². The van der Waals surface area contributed by atoms with Crippen LogP contribution >= 0.6 is 0 Å². The van der Waals surface area contributed by atoms with E-state index in [1.54, 1.807) is 18.1 Å². The van der Waals surface area contributed by atoms with E-state index in [0.29, 0.717) is 67.8 Å². The van der Waals surface area contributed by atoms with E-state index in [0.717, 1.165) is 36.1 Å². The van der Waals surface area contributed by atoms with E-state index in [2.05, 4.69) is 6.07 Å². The second-order valence-electron chi connectivity index (χ2n) is 11.6. The second-order valence-corrected chi connectivity index (χ2v) is 11.6. The van der Waals surface area contributed by atoms with Gasteiger partial charge in [0.2, 0.25) is 0 Å². The molecule has 6 rings (SSSR count). The molecule has 3 heterocycles. The largest absolute Gasteiger partial charge is 0.497 e. The summed E-state index contributed by atoms with van der Waals surface area (Å²) in [7, 11) is 1.63. The average Bonchev–Trinajstić information content (AvgIpc) is 3.10. The quantitative estimate of drug-likeness (QED) is 0.257. The van der Waals surface area contributed by atoms with E-state index in [1.165, 1.54) is 0 Å². The highest BCUT2D eigenvalue weighted by Gasteiger charge is 2.38. The minimum absolute atomic E-state index is 0.0951. The summed E-state index contributed by atoms with van der Waals surface area (Å²) in [6.45, 7) is 2.60. The van der Waals surface area contributed by atoms with Crippen molar-refractivity contribution < 1.29 is 19.1 Å². The van der Waals surface area contributed by atoms with Gasteiger partial charge in [0.1, 0.15) is 23.8 Å². The second kappa shape index (κ2) is 12.8. The van der Waals surface area contributed by atoms with Gasteiger partial charge >= 0.3 is 0 Å². The summed E-state index contributed by atoms with van der Waals surface area (Å²) in [5.74, 6) is 1.05. The van der Waals surface area contributed by atoms with Crippen molar-refractivity contribution in [1.82, 2.24) is 14.8 Å². The Morgan fingerprint density at radius 1 is 0.841 bits per heavy atom. The van der Waals surface area contributed by atoms with Crippen LogP contribution in [-0.4, -0.2) is 59.9 Å². The van der Waals surface area contributed by atoms with E-state index >= 15 is 0 Å². The number of carbonyl (C=O) groups is 2. The maximum atomic E-state index is 13.9. The molecule has 8 nitrogen and oxygen atoms in total. The standard InChI is InChI=1S/C36H36N4O4/c1-43-28-12-8-9-26(21-28)24-44-29-13-14-32-30(22-29)31(34(41)39-17-6-3-7-18-39)23-33(38-32)35(42)40-19-15-36(25-37,16-20-40)27-10-4-2-5-11-27/h2,4-5,8-14,21-23H,3,6-7,15-20,24H2,1H3. The molecule has 3 aromatic carbocycles. The first-order valence-electron chi connectivity index (χ1n) is 15.3. The predicted octanol–water partition coefficient (Wildman–Crippen LogP) is 6.15. The van der Waals surface area contributed by atoms with Gasteiger partial charge in [-0.3, -0.25) is 9.59 Å². The summed E-state index contributed by atoms with van der Waals surface area (Å²) in [4.78, 5) is 36.1. The van der Waals surface area contributed by atoms with Crippen LogP contribution in [0.5, 0.6) is 11.5 Å². The molecule has 1 aromatic heterocycles. The Morgan fingerprint density at radius 2 is 1.59 bits per heavy atom. The highest BCUT2D eigenvalue weighted by atomic mass is 16.5. The SMILES string of the molecule is COc1cccc(COc2ccc3nc(C(=O)N4CCC(C#N)(c5ccccc5)CC4)cc(C(=O)N4CCCCC4)c3c2)c1. The van der Waals surface area contributed by atoms with E-state index in [9.17, 15) is 14.9 Å². The molecule has 2 amide bonds. The minimum atomic E-state index is -0.620. The number of amides is 2. The predicted molar refractivity (Wildman–Crippen MR) is 168 cm³/mol. The normalized spacial score (nSPS) is 16.3. The fourth-order valence-electron chi connectivity index (χ4n) is 6.25. The lowest BCUT2D eigenvalue weighted by molar-refractivity contribution is 0.0686. The fourth-order valence-corrected chi connectivity index (χ4v) is 6.25. The number of nitrogens with zero attached hydrogens (tertiary/aromatic N) is 4. The van der Waals surface area contributed by atoms with Crippen molar-refractivity contribution in [2.75, 3.05) is 33.3 Å². The monoisotopic (exact) mass is 588 g/mol. The number of hydrogen-bond donors (Lipinski definition) is 0. The molecule has 2 fully saturated rings. The third kappa shape index (κ3) is 5.96. The third-order valence-corrected chi connectivity index (χ3v) is 8.86. The van der Waals surface area contributed by atoms with Crippen molar-refractivity contribution in [2.24, 2.45) is 0 Å². The molecule has 0 bridgehead atoms. The van der Waals surface area contributed by atoms with Gasteiger partial charge in [-0.05, 0) is 79.6 Å². The molecule has 0 aliphatic carbocycles. The lowest BCUT2D eigenvalue weighted by Crippen LogP contribution is -2.45. The van der Waals surface area contributed by atoms with Gasteiger partial charge in [0, 0.05) is 31.6 Å². The Morgan fingerprint density at radius 3 is 2.32 bits per heavy atom. The minimum Gasteiger partial charge on any atom is -0.497 e. The Kier molecular flexibility index (Phi) is 8.47. The van der Waals surface area contributed by atoms with E-state index in [4.69, 9.17) is 14.5 Å². The average molecular weight is 589 g/mol. The van der Waals surface area contributed by atoms with Crippen molar-refractivity contribution in [3.63, 3.8) is 0 Å². The smallest absolute Gasteiger partial charge is 0.272 e. The molecule has 0 atom stereocenters. The first-order chi connectivity index (χ1) is 21.5. The number of carbonyl (C=O) groups excluding carboxylic acids is 2. The Bertz CT molecular complexity index is 1700. The zero-order valence-corrected chi connectivity index (χ0v) is 25.0. The summed E-state index contributed by atoms with van der Waals surface area (Å²) in [6.07, 6.45) is 4.12. The number of benzene rings is 3. The number of pyridine rings is 1. The van der Waals surface area contributed by atoms with Gasteiger partial charge in [-0.15, -0.1) is 0 Å². The van der Waals surface area contributed by atoms with Gasteiger partial charge in [0.25, 0.3) is 11.8 Å².